The monoisotopic (exact) mass is 428 g/mol. The number of hydrogen-bond donors (Lipinski definition) is 0. The third-order valence-electron chi connectivity index (χ3n) is 1.10. The van der Waals surface area contributed by atoms with E-state index in [0.29, 0.717) is 29.9 Å². The Morgan fingerprint density at radius 3 is 2.46 bits per heavy atom. The molecule has 1 aromatic heterocycles. The Labute approximate surface area is 113 Å². The van der Waals surface area contributed by atoms with Crippen LogP contribution in [0, 0.1) is 3.14 Å². The second-order valence-electron chi connectivity index (χ2n) is 2.00. The normalized spacial score (nSPS) is 10.6. The fourth-order valence-corrected chi connectivity index (χ4v) is 11.8. The molecule has 1 heterocycles. The summed E-state index contributed by atoms with van der Waals surface area (Å²) in [7, 11) is 0. The van der Waals surface area contributed by atoms with Crippen molar-refractivity contribution in [1.82, 2.24) is 0 Å². The zero-order valence-corrected chi connectivity index (χ0v) is 14.5. The van der Waals surface area contributed by atoms with Crippen LogP contribution in [0.5, 0.6) is 0 Å². The van der Waals surface area contributed by atoms with Crippen molar-refractivity contribution in [3.05, 3.63) is 3.14 Å². The van der Waals surface area contributed by atoms with Gasteiger partial charge in [0.15, 0.2) is 0 Å². The Morgan fingerprint density at radius 2 is 1.92 bits per heavy atom. The van der Waals surface area contributed by atoms with Crippen molar-refractivity contribution in [3.63, 3.8) is 0 Å². The second kappa shape index (κ2) is 7.13. The van der Waals surface area contributed by atoms with E-state index in [1.807, 2.05) is 22.7 Å². The maximum absolute atomic E-state index is 5.23. The molecule has 0 aliphatic carbocycles. The number of alkyl halides is 1. The Hall–Kier alpha value is 1.79. The fourth-order valence-electron chi connectivity index (χ4n) is 0.695. The Bertz CT molecular complexity index is 307. The first-order chi connectivity index (χ1) is 6.27. The summed E-state index contributed by atoms with van der Waals surface area (Å²) in [5.74, 6) is 0. The van der Waals surface area contributed by atoms with Crippen molar-refractivity contribution in [3.8, 4) is 0 Å². The number of hydrogen-bond acceptors (Lipinski definition) is 3. The van der Waals surface area contributed by atoms with Crippen molar-refractivity contribution in [2.75, 3.05) is 5.33 Å². The van der Waals surface area contributed by atoms with Crippen molar-refractivity contribution in [1.29, 1.82) is 0 Å². The zero-order chi connectivity index (χ0) is 9.68. The van der Waals surface area contributed by atoms with Crippen LogP contribution in [0.4, 0.5) is 0 Å². The Kier molecular flexibility index (Phi) is 7.05. The second-order valence-corrected chi connectivity index (χ2v) is 12.2. The summed E-state index contributed by atoms with van der Waals surface area (Å²) in [5, 5.41) is 3.72. The standard InChI is InChI=1S/C7H9BrS3Se2/c1-2-12-5-6(13-4-3-8)11-7(9)10-5/h2-4H2,1H3. The summed E-state index contributed by atoms with van der Waals surface area (Å²) in [6.07, 6.45) is 0. The summed E-state index contributed by atoms with van der Waals surface area (Å²) in [5.41, 5.74) is 0. The molecule has 0 atom stereocenters. The summed E-state index contributed by atoms with van der Waals surface area (Å²) < 4.78 is 4.35. The van der Waals surface area contributed by atoms with Gasteiger partial charge in [-0.25, -0.2) is 0 Å². The third kappa shape index (κ3) is 4.43. The average molecular weight is 427 g/mol. The molecule has 74 valence electrons. The van der Waals surface area contributed by atoms with Crippen molar-refractivity contribution in [2.45, 2.75) is 17.6 Å². The quantitative estimate of drug-likeness (QED) is 0.396. The van der Waals surface area contributed by atoms with E-state index >= 15 is 0 Å². The van der Waals surface area contributed by atoms with Crippen molar-refractivity contribution >= 4 is 88.3 Å². The molecule has 13 heavy (non-hydrogen) atoms. The van der Waals surface area contributed by atoms with E-state index < -0.39 is 0 Å². The van der Waals surface area contributed by atoms with Crippen LogP contribution in [0.15, 0.2) is 0 Å². The molecular formula is C7H9BrS3Se2. The van der Waals surface area contributed by atoms with Gasteiger partial charge in [-0.1, -0.05) is 0 Å². The molecule has 1 aromatic rings. The summed E-state index contributed by atoms with van der Waals surface area (Å²) in [4.78, 5) is 0. The molecule has 6 heteroatoms. The minimum absolute atomic E-state index is 0.661. The molecule has 0 saturated heterocycles. The van der Waals surface area contributed by atoms with E-state index in [2.05, 4.69) is 22.9 Å². The maximum atomic E-state index is 5.23. The molecule has 0 radical (unpaired) electrons. The van der Waals surface area contributed by atoms with E-state index in [9.17, 15) is 0 Å². The van der Waals surface area contributed by atoms with Crippen molar-refractivity contribution in [2.24, 2.45) is 0 Å². The number of rotatable bonds is 5. The molecule has 0 unspecified atom stereocenters. The molecule has 0 bridgehead atoms. The molecule has 0 amide bonds. The van der Waals surface area contributed by atoms with Gasteiger partial charge in [-0.3, -0.25) is 0 Å². The summed E-state index contributed by atoms with van der Waals surface area (Å²) in [6.45, 7) is 2.26. The third-order valence-corrected chi connectivity index (χ3v) is 11.9. The average Bonchev–Trinajstić information content (AvgIpc) is 2.44. The van der Waals surface area contributed by atoms with E-state index in [0.717, 1.165) is 8.47 Å². The van der Waals surface area contributed by atoms with Crippen molar-refractivity contribution < 1.29 is 0 Å². The molecular weight excluding hydrogens is 418 g/mol. The topological polar surface area (TPSA) is 0 Å². The van der Waals surface area contributed by atoms with Crippen LogP contribution in [0.2, 0.25) is 10.6 Å². The van der Waals surface area contributed by atoms with Gasteiger partial charge in [0.05, 0.1) is 0 Å². The first kappa shape index (κ1) is 12.9. The van der Waals surface area contributed by atoms with Gasteiger partial charge in [0.1, 0.15) is 0 Å². The molecule has 0 nitrogen and oxygen atoms in total. The van der Waals surface area contributed by atoms with Crippen LogP contribution in [-0.2, 0) is 0 Å². The van der Waals surface area contributed by atoms with Gasteiger partial charge in [-0.15, -0.1) is 0 Å². The fraction of sp³-hybridized carbons (Fsp3) is 0.571. The molecule has 0 aliphatic heterocycles. The molecule has 1 rings (SSSR count). The molecule has 0 aromatic carbocycles. The zero-order valence-electron chi connectivity index (χ0n) is 7.04. The van der Waals surface area contributed by atoms with Gasteiger partial charge in [0.2, 0.25) is 0 Å². The SMILES string of the molecule is CC[Se]c1sc(=S)sc1[Se]CCBr. The molecule has 0 fully saturated rings. The van der Waals surface area contributed by atoms with Crippen LogP contribution in [-0.4, -0.2) is 35.2 Å². The molecule has 0 aliphatic rings. The van der Waals surface area contributed by atoms with Gasteiger partial charge < -0.3 is 0 Å². The molecule has 0 saturated carbocycles. The van der Waals surface area contributed by atoms with Crippen LogP contribution >= 0.6 is 50.8 Å². The van der Waals surface area contributed by atoms with Crippen LogP contribution < -0.4 is 7.55 Å². The predicted molar refractivity (Wildman–Crippen MR) is 72.9 cm³/mol. The van der Waals surface area contributed by atoms with Gasteiger partial charge in [0.25, 0.3) is 0 Å². The van der Waals surface area contributed by atoms with Crippen LogP contribution in [0.1, 0.15) is 6.92 Å². The van der Waals surface area contributed by atoms with Gasteiger partial charge >= 0.3 is 114 Å². The first-order valence-corrected chi connectivity index (χ1v) is 11.0. The van der Waals surface area contributed by atoms with E-state index in [4.69, 9.17) is 12.2 Å². The van der Waals surface area contributed by atoms with E-state index in [1.165, 1.54) is 10.6 Å². The predicted octanol–water partition coefficient (Wildman–Crippen LogP) is 2.45. The van der Waals surface area contributed by atoms with Gasteiger partial charge in [0, 0.05) is 0 Å². The molecule has 0 spiro atoms. The number of halogens is 1. The molecule has 0 N–H and O–H groups in total. The van der Waals surface area contributed by atoms with Gasteiger partial charge in [-0.05, 0) is 0 Å². The minimum atomic E-state index is 0.661. The first-order valence-electron chi connectivity index (χ1n) is 3.73. The Morgan fingerprint density at radius 1 is 1.31 bits per heavy atom. The Balaban J connectivity index is 2.72. The van der Waals surface area contributed by atoms with Crippen LogP contribution in [0.3, 0.4) is 0 Å². The van der Waals surface area contributed by atoms with E-state index in [-0.39, 0.29) is 0 Å². The van der Waals surface area contributed by atoms with Crippen LogP contribution in [0.25, 0.3) is 0 Å². The van der Waals surface area contributed by atoms with Gasteiger partial charge in [-0.2, -0.15) is 0 Å². The summed E-state index contributed by atoms with van der Waals surface area (Å²) in [6, 6.07) is 0. The summed E-state index contributed by atoms with van der Waals surface area (Å²) >= 11 is 13.8. The van der Waals surface area contributed by atoms with E-state index in [1.54, 1.807) is 7.55 Å².